The molecular formula is C92H112N10O19S2. The number of ether oxygens (including phenoxy) is 6. The van der Waals surface area contributed by atoms with Crippen molar-refractivity contribution < 1.29 is 88.7 Å². The van der Waals surface area contributed by atoms with E-state index in [1.165, 1.54) is 9.80 Å². The maximum absolute atomic E-state index is 14.7. The second-order valence-corrected chi connectivity index (χ2v) is 41.0. The quantitative estimate of drug-likeness (QED) is 0.0279. The second-order valence-electron chi connectivity index (χ2n) is 37.0. The van der Waals surface area contributed by atoms with Crippen molar-refractivity contribution in [1.29, 1.82) is 0 Å². The lowest BCUT2D eigenvalue weighted by Gasteiger charge is -2.36. The summed E-state index contributed by atoms with van der Waals surface area (Å²) in [5.74, 6) is -2.02. The van der Waals surface area contributed by atoms with Crippen molar-refractivity contribution >= 4 is 89.5 Å². The largest absolute Gasteiger partial charge is 0.497 e. The Balaban J connectivity index is 0.000000197. The molecule has 6 aromatic carbocycles. The summed E-state index contributed by atoms with van der Waals surface area (Å²) in [4.78, 5) is 122. The fraction of sp³-hybridized carbons (Fsp3) is 0.457. The van der Waals surface area contributed by atoms with Gasteiger partial charge in [-0.05, 0) is 152 Å². The Morgan fingerprint density at radius 3 is 1.17 bits per heavy atom. The molecule has 2 saturated heterocycles. The summed E-state index contributed by atoms with van der Waals surface area (Å²) in [7, 11) is -4.35. The van der Waals surface area contributed by atoms with Crippen molar-refractivity contribution in [2.24, 2.45) is 16.0 Å². The number of hydrogen-bond acceptors (Lipinski definition) is 20. The number of fused-ring (bicyclic) bond motifs is 2. The number of primary sulfonamides is 1. The summed E-state index contributed by atoms with van der Waals surface area (Å²) < 4.78 is 85.8. The average molecular weight is 1730 g/mol. The fourth-order valence-electron chi connectivity index (χ4n) is 15.2. The number of nitrogens with one attached hydrogen (secondary N) is 5. The number of likely N-dealkylation sites (tertiary alicyclic amines) is 2. The van der Waals surface area contributed by atoms with Gasteiger partial charge in [0.25, 0.3) is 5.91 Å². The summed E-state index contributed by atoms with van der Waals surface area (Å²) in [6.45, 7) is 21.1. The molecule has 0 spiro atoms. The molecule has 0 radical (unpaired) electrons. The molecule has 4 heterocycles. The van der Waals surface area contributed by atoms with Crippen molar-refractivity contribution in [1.82, 2.24) is 45.8 Å². The van der Waals surface area contributed by atoms with E-state index >= 15 is 0 Å². The number of amides is 7. The molecule has 2 aromatic heterocycles. The van der Waals surface area contributed by atoms with Gasteiger partial charge in [-0.25, -0.2) is 46.3 Å². The Labute approximate surface area is 718 Å². The van der Waals surface area contributed by atoms with Crippen LogP contribution in [0.15, 0.2) is 170 Å². The van der Waals surface area contributed by atoms with E-state index in [0.29, 0.717) is 101 Å². The summed E-state index contributed by atoms with van der Waals surface area (Å²) in [5, 5.41) is 27.3. The minimum Gasteiger partial charge on any atom is -0.497 e. The van der Waals surface area contributed by atoms with Crippen LogP contribution in [-0.4, -0.2) is 185 Å². The second kappa shape index (κ2) is 35.4. The lowest BCUT2D eigenvalue weighted by atomic mass is 9.85. The van der Waals surface area contributed by atoms with Crippen molar-refractivity contribution in [2.45, 2.75) is 228 Å². The molecule has 8 N–H and O–H groups in total. The average Bonchev–Trinajstić information content (AvgIpc) is 1.56. The van der Waals surface area contributed by atoms with Crippen LogP contribution in [0.4, 0.5) is 9.59 Å². The molecule has 0 bridgehead atoms. The van der Waals surface area contributed by atoms with E-state index in [1.807, 2.05) is 152 Å². The van der Waals surface area contributed by atoms with E-state index in [9.17, 15) is 60.3 Å². The number of sulfonamides is 2. The molecule has 29 nitrogen and oxygen atoms in total. The number of methoxy groups -OCH3 is 2. The number of carboxylic acids is 1. The van der Waals surface area contributed by atoms with Gasteiger partial charge < -0.3 is 64.6 Å². The van der Waals surface area contributed by atoms with E-state index in [4.69, 9.17) is 43.5 Å². The molecule has 123 heavy (non-hydrogen) atoms. The fourth-order valence-corrected chi connectivity index (χ4v) is 17.9. The van der Waals surface area contributed by atoms with Gasteiger partial charge in [-0.2, -0.15) is 0 Å². The lowest BCUT2D eigenvalue weighted by molar-refractivity contribution is -0.146. The van der Waals surface area contributed by atoms with Crippen molar-refractivity contribution in [3.8, 4) is 45.5 Å². The zero-order valence-corrected chi connectivity index (χ0v) is 73.6. The number of nitrogens with two attached hydrogens (primary N) is 1. The third-order valence-electron chi connectivity index (χ3n) is 22.8. The van der Waals surface area contributed by atoms with Crippen LogP contribution in [0.1, 0.15) is 158 Å². The Morgan fingerprint density at radius 1 is 0.488 bits per heavy atom. The van der Waals surface area contributed by atoms with Gasteiger partial charge in [-0.15, -0.1) is 0 Å². The highest BCUT2D eigenvalue weighted by molar-refractivity contribution is 7.91. The Morgan fingerprint density at radius 2 is 0.846 bits per heavy atom. The third-order valence-corrected chi connectivity index (χ3v) is 26.7. The number of alkyl carbamates (subject to hydrolysis) is 2. The maximum atomic E-state index is 14.7. The number of aromatic nitrogens is 2. The number of rotatable bonds is 25. The zero-order chi connectivity index (χ0) is 89.2. The molecule has 4 saturated carbocycles. The predicted octanol–water partition coefficient (Wildman–Crippen LogP) is 12.0. The summed E-state index contributed by atoms with van der Waals surface area (Å²) >= 11 is 0. The Kier molecular flexibility index (Phi) is 26.1. The van der Waals surface area contributed by atoms with Crippen LogP contribution in [0.2, 0.25) is 0 Å². The topological polar surface area (TPSA) is 399 Å². The van der Waals surface area contributed by atoms with E-state index in [-0.39, 0.29) is 45.2 Å². The molecule has 2 aliphatic heterocycles. The summed E-state index contributed by atoms with van der Waals surface area (Å²) in [6.07, 6.45) is 1.22. The molecule has 31 heteroatoms. The number of aliphatic carboxylic acids is 1. The highest BCUT2D eigenvalue weighted by Crippen LogP contribution is 2.48. The first kappa shape index (κ1) is 90.8. The molecule has 14 rings (SSSR count). The minimum absolute atomic E-state index is 0.0141. The van der Waals surface area contributed by atoms with Crippen LogP contribution in [0, 0.1) is 10.8 Å². The van der Waals surface area contributed by atoms with E-state index < -0.39 is 147 Å². The van der Waals surface area contributed by atoms with Gasteiger partial charge in [0.05, 0.1) is 59.2 Å². The van der Waals surface area contributed by atoms with E-state index in [2.05, 4.69) is 26.0 Å². The molecule has 6 atom stereocenters. The van der Waals surface area contributed by atoms with Gasteiger partial charge in [0.1, 0.15) is 81.7 Å². The summed E-state index contributed by atoms with van der Waals surface area (Å²) in [5.41, 5.74) is 0.0920. The van der Waals surface area contributed by atoms with Gasteiger partial charge in [-0.1, -0.05) is 163 Å². The SMILES string of the molecule is COc1ccc2c(O[C@@H]3C[C@@H](C(=O)NC4(C(=O)NS(=O)(=O)C5(Cc6ccccc6)CC5)CC4)N(C(=O)[C@@H](NC(=O)OC(C)(C)C)C(C)(C)C)C3)cc(-c3ccccc3)nc2c1.COc1ccc2c(O[C@@H]3C[C@@H](C(=O)NC4(C(=O)O)CC4)N(C(=O)[C@@H](NC(=O)OC(C)(C)C)C(C)(C)C)C3)cc(-c3ccccc3)nc2c1.NS(=O)(=O)C1(Cc2ccccc2)CC1. The Hall–Kier alpha value is -11.4. The highest BCUT2D eigenvalue weighted by Gasteiger charge is 2.61. The normalized spacial score (nSPS) is 19.4. The number of benzene rings is 6. The Bertz CT molecular complexity index is 5510. The lowest BCUT2D eigenvalue weighted by Crippen LogP contribution is -2.60. The van der Waals surface area contributed by atoms with Crippen LogP contribution in [0.25, 0.3) is 44.3 Å². The number of hydrogen-bond donors (Lipinski definition) is 7. The van der Waals surface area contributed by atoms with Crippen LogP contribution < -0.4 is 50.1 Å². The first-order valence-corrected chi connectivity index (χ1v) is 44.3. The maximum Gasteiger partial charge on any atom is 0.408 e. The molecule has 656 valence electrons. The standard InChI is InChI=1S/C46H55N5O9S.C36H44N4O8.C10H13NO2S/c1-43(2,3)38(48-42(55)60-44(4,5)6)40(53)51-28-32(59-37-26-34(30-16-12-9-13-17-30)47-35-24-31(58-7)18-19-33(35)37)25-36(51)39(52)49-46(22-23-46)41(54)50-61(56,57)45(20-21-45)27-29-14-10-8-11-15-29;1-34(2,3)29(38-33(45)48-35(4,5)6)31(42)40-20-23(18-27(40)30(41)39-36(15-16-36)32(43)44)47-28-19-25(21-11-9-8-10-12-21)37-26-17-22(46-7)13-14-24(26)28;11-14(12,13)10(6-7-10)8-9-4-2-1-3-5-9/h8-19,24,26,32,36,38H,20-23,25,27-28H2,1-7H3,(H,48,55)(H,49,52)(H,50,54);8-14,17,19,23,27,29H,15-16,18,20H2,1-7H3,(H,38,45)(H,39,41)(H,43,44);1-5H,6-8H2,(H2,11,12,13)/t32-,36+,38-;23-,27+,29-;/m11./s1. The molecule has 6 aliphatic rings. The van der Waals surface area contributed by atoms with E-state index in [0.717, 1.165) is 22.3 Å². The number of carbonyl (C=O) groups excluding carboxylic acids is 7. The molecule has 8 aromatic rings. The van der Waals surface area contributed by atoms with Gasteiger partial charge in [-0.3, -0.25) is 28.7 Å². The first-order valence-electron chi connectivity index (χ1n) is 41.3. The molecule has 0 unspecified atom stereocenters. The molecule has 6 fully saturated rings. The number of nitrogens with zero attached hydrogens (tertiary/aromatic N) is 4. The van der Waals surface area contributed by atoms with Gasteiger partial charge in [0, 0.05) is 59.0 Å². The van der Waals surface area contributed by atoms with Crippen LogP contribution >= 0.6 is 0 Å². The summed E-state index contributed by atoms with van der Waals surface area (Å²) in [6, 6.07) is 48.2. The molecule has 4 aliphatic carbocycles. The van der Waals surface area contributed by atoms with Crippen molar-refractivity contribution in [3.05, 3.63) is 181 Å². The third kappa shape index (κ3) is 22.0. The van der Waals surface area contributed by atoms with Gasteiger partial charge in [0.15, 0.2) is 0 Å². The van der Waals surface area contributed by atoms with Crippen LogP contribution in [0.5, 0.6) is 23.0 Å². The molecule has 7 amide bonds. The van der Waals surface area contributed by atoms with Crippen molar-refractivity contribution in [3.63, 3.8) is 0 Å². The van der Waals surface area contributed by atoms with Gasteiger partial charge >= 0.3 is 18.2 Å². The van der Waals surface area contributed by atoms with E-state index in [1.54, 1.807) is 116 Å². The van der Waals surface area contributed by atoms with Gasteiger partial charge in [0.2, 0.25) is 43.7 Å². The number of carbonyl (C=O) groups is 8. The first-order chi connectivity index (χ1) is 57.7. The zero-order valence-electron chi connectivity index (χ0n) is 72.0. The smallest absolute Gasteiger partial charge is 0.408 e. The molecular weight excluding hydrogens is 1610 g/mol. The number of carboxylic acid groups (broad SMARTS) is 1. The van der Waals surface area contributed by atoms with Crippen molar-refractivity contribution in [2.75, 3.05) is 27.3 Å². The van der Waals surface area contributed by atoms with Crippen LogP contribution in [0.3, 0.4) is 0 Å². The highest BCUT2D eigenvalue weighted by atomic mass is 32.2. The predicted molar refractivity (Wildman–Crippen MR) is 464 cm³/mol. The minimum atomic E-state index is -4.11. The number of pyridine rings is 2. The monoisotopic (exact) mass is 1720 g/mol. The van der Waals surface area contributed by atoms with Crippen LogP contribution in [-0.2, 0) is 71.1 Å².